The third-order valence-electron chi connectivity index (χ3n) is 2.15. The highest BCUT2D eigenvalue weighted by molar-refractivity contribution is 7.99. The molecule has 1 nitrogen and oxygen atoms in total. The minimum atomic E-state index is -4.33. The summed E-state index contributed by atoms with van der Waals surface area (Å²) in [4.78, 5) is 0.696. The number of unbranched alkanes of at least 4 members (excludes halogenated alkanes) is 1. The molecule has 0 aromatic heterocycles. The predicted molar refractivity (Wildman–Crippen MR) is 66.0 cm³/mol. The van der Waals surface area contributed by atoms with Gasteiger partial charge in [0.1, 0.15) is 0 Å². The lowest BCUT2D eigenvalue weighted by molar-refractivity contribution is -0.137. The van der Waals surface area contributed by atoms with Gasteiger partial charge in [-0.15, -0.1) is 18.3 Å². The van der Waals surface area contributed by atoms with Crippen molar-refractivity contribution in [1.82, 2.24) is 0 Å². The van der Waals surface area contributed by atoms with Crippen molar-refractivity contribution in [2.45, 2.75) is 23.9 Å². The van der Waals surface area contributed by atoms with Gasteiger partial charge in [0.2, 0.25) is 0 Å². The lowest BCUT2D eigenvalue weighted by Gasteiger charge is -2.10. The number of nitrogen functional groups attached to an aromatic ring is 1. The second-order valence-electron chi connectivity index (χ2n) is 3.53. The maximum Gasteiger partial charge on any atom is 0.416 e. The lowest BCUT2D eigenvalue weighted by atomic mass is 10.2. The Hall–Kier alpha value is -1.10. The predicted octanol–water partition coefficient (Wildman–Crippen LogP) is 4.35. The minimum absolute atomic E-state index is 0.184. The zero-order valence-corrected chi connectivity index (χ0v) is 10.1. The average molecular weight is 261 g/mol. The Bertz CT molecular complexity index is 388. The lowest BCUT2D eigenvalue weighted by Crippen LogP contribution is -2.05. The van der Waals surface area contributed by atoms with Crippen molar-refractivity contribution >= 4 is 17.4 Å². The number of thioether (sulfide) groups is 1. The van der Waals surface area contributed by atoms with Gasteiger partial charge in [-0.25, -0.2) is 0 Å². The molecule has 1 aromatic carbocycles. The van der Waals surface area contributed by atoms with Crippen LogP contribution < -0.4 is 5.73 Å². The van der Waals surface area contributed by atoms with Crippen molar-refractivity contribution < 1.29 is 13.2 Å². The van der Waals surface area contributed by atoms with Gasteiger partial charge in [-0.3, -0.25) is 0 Å². The Morgan fingerprint density at radius 3 is 2.59 bits per heavy atom. The molecule has 0 bridgehead atoms. The molecule has 0 saturated heterocycles. The summed E-state index contributed by atoms with van der Waals surface area (Å²) in [6.07, 6.45) is -0.682. The van der Waals surface area contributed by atoms with Gasteiger partial charge < -0.3 is 5.73 Å². The first-order valence-corrected chi connectivity index (χ1v) is 6.14. The first-order chi connectivity index (χ1) is 7.95. The van der Waals surface area contributed by atoms with E-state index in [0.717, 1.165) is 30.7 Å². The van der Waals surface area contributed by atoms with E-state index in [0.29, 0.717) is 4.90 Å². The van der Waals surface area contributed by atoms with Crippen LogP contribution in [-0.2, 0) is 6.18 Å². The average Bonchev–Trinajstić information content (AvgIpc) is 2.24. The number of allylic oxidation sites excluding steroid dienone is 1. The fraction of sp³-hybridized carbons (Fsp3) is 0.333. The molecular formula is C12H14F3NS. The summed E-state index contributed by atoms with van der Waals surface area (Å²) in [5.74, 6) is 0.821. The van der Waals surface area contributed by atoms with Crippen LogP contribution in [0.1, 0.15) is 18.4 Å². The summed E-state index contributed by atoms with van der Waals surface area (Å²) < 4.78 is 37.1. The van der Waals surface area contributed by atoms with Gasteiger partial charge in [0.15, 0.2) is 0 Å². The number of nitrogens with two attached hydrogens (primary N) is 1. The second-order valence-corrected chi connectivity index (χ2v) is 4.67. The van der Waals surface area contributed by atoms with E-state index in [4.69, 9.17) is 5.73 Å². The minimum Gasteiger partial charge on any atom is -0.398 e. The standard InChI is InChI=1S/C12H14F3NS/c1-2-3-4-7-17-11-6-5-9(8-10(11)16)12(13,14)15/h2,5-6,8H,1,3-4,7,16H2. The SMILES string of the molecule is C=CCCCSc1ccc(C(F)(F)F)cc1N. The first-order valence-electron chi connectivity index (χ1n) is 5.15. The highest BCUT2D eigenvalue weighted by Crippen LogP contribution is 2.34. The fourth-order valence-corrected chi connectivity index (χ4v) is 2.19. The molecule has 1 rings (SSSR count). The number of hydrogen-bond donors (Lipinski definition) is 1. The van der Waals surface area contributed by atoms with Crippen molar-refractivity contribution in [1.29, 1.82) is 0 Å². The largest absolute Gasteiger partial charge is 0.416 e. The van der Waals surface area contributed by atoms with Gasteiger partial charge in [0, 0.05) is 10.6 Å². The molecule has 94 valence electrons. The van der Waals surface area contributed by atoms with Crippen molar-refractivity contribution in [3.63, 3.8) is 0 Å². The Morgan fingerprint density at radius 2 is 2.06 bits per heavy atom. The highest BCUT2D eigenvalue weighted by Gasteiger charge is 2.30. The van der Waals surface area contributed by atoms with Crippen LogP contribution in [0.5, 0.6) is 0 Å². The quantitative estimate of drug-likeness (QED) is 0.369. The van der Waals surface area contributed by atoms with Crippen LogP contribution in [0.15, 0.2) is 35.7 Å². The number of alkyl halides is 3. The molecule has 0 radical (unpaired) electrons. The normalized spacial score (nSPS) is 11.5. The highest BCUT2D eigenvalue weighted by atomic mass is 32.2. The molecule has 0 aliphatic rings. The smallest absolute Gasteiger partial charge is 0.398 e. The Kier molecular flexibility index (Phi) is 4.93. The number of halogens is 3. The van der Waals surface area contributed by atoms with E-state index in [1.165, 1.54) is 17.8 Å². The third kappa shape index (κ3) is 4.34. The summed E-state index contributed by atoms with van der Waals surface area (Å²) in [6, 6.07) is 3.47. The molecule has 0 atom stereocenters. The van der Waals surface area contributed by atoms with E-state index in [9.17, 15) is 13.2 Å². The van der Waals surface area contributed by atoms with Crippen molar-refractivity contribution in [2.75, 3.05) is 11.5 Å². The van der Waals surface area contributed by atoms with Crippen molar-refractivity contribution in [3.8, 4) is 0 Å². The molecule has 0 aliphatic heterocycles. The Balaban J connectivity index is 2.67. The number of hydrogen-bond acceptors (Lipinski definition) is 2. The van der Waals surface area contributed by atoms with Crippen LogP contribution in [-0.4, -0.2) is 5.75 Å². The molecule has 0 unspecified atom stereocenters. The van der Waals surface area contributed by atoms with Crippen LogP contribution >= 0.6 is 11.8 Å². The monoisotopic (exact) mass is 261 g/mol. The van der Waals surface area contributed by atoms with E-state index >= 15 is 0 Å². The van der Waals surface area contributed by atoms with Crippen LogP contribution in [0.25, 0.3) is 0 Å². The molecule has 17 heavy (non-hydrogen) atoms. The van der Waals surface area contributed by atoms with Gasteiger partial charge in [-0.2, -0.15) is 13.2 Å². The van der Waals surface area contributed by atoms with Crippen LogP contribution in [0.4, 0.5) is 18.9 Å². The molecule has 2 N–H and O–H groups in total. The summed E-state index contributed by atoms with van der Waals surface area (Å²) in [6.45, 7) is 3.60. The van der Waals surface area contributed by atoms with E-state index in [1.807, 2.05) is 6.08 Å². The first kappa shape index (κ1) is 14.0. The maximum absolute atomic E-state index is 12.4. The van der Waals surface area contributed by atoms with Crippen LogP contribution in [0.3, 0.4) is 0 Å². The summed E-state index contributed by atoms with van der Waals surface area (Å²) >= 11 is 1.47. The van der Waals surface area contributed by atoms with Crippen LogP contribution in [0.2, 0.25) is 0 Å². The third-order valence-corrected chi connectivity index (χ3v) is 3.32. The molecular weight excluding hydrogens is 247 g/mol. The van der Waals surface area contributed by atoms with E-state index in [1.54, 1.807) is 0 Å². The molecule has 0 amide bonds. The van der Waals surface area contributed by atoms with Crippen molar-refractivity contribution in [3.05, 3.63) is 36.4 Å². The Morgan fingerprint density at radius 1 is 1.35 bits per heavy atom. The van der Waals surface area contributed by atoms with Gasteiger partial charge in [0.25, 0.3) is 0 Å². The summed E-state index contributed by atoms with van der Waals surface area (Å²) in [7, 11) is 0. The molecule has 5 heteroatoms. The van der Waals surface area contributed by atoms with Gasteiger partial charge in [0.05, 0.1) is 5.56 Å². The topological polar surface area (TPSA) is 26.0 Å². The van der Waals surface area contributed by atoms with Crippen LogP contribution in [0, 0.1) is 0 Å². The fourth-order valence-electron chi connectivity index (χ4n) is 1.27. The molecule has 1 aromatic rings. The van der Waals surface area contributed by atoms with Gasteiger partial charge in [-0.05, 0) is 36.8 Å². The molecule has 0 fully saturated rings. The zero-order valence-electron chi connectivity index (χ0n) is 9.26. The molecule has 0 aliphatic carbocycles. The Labute approximate surface area is 103 Å². The van der Waals surface area contributed by atoms with E-state index in [2.05, 4.69) is 6.58 Å². The summed E-state index contributed by atoms with van der Waals surface area (Å²) in [5, 5.41) is 0. The maximum atomic E-state index is 12.4. The second kappa shape index (κ2) is 6.00. The van der Waals surface area contributed by atoms with E-state index in [-0.39, 0.29) is 5.69 Å². The van der Waals surface area contributed by atoms with E-state index < -0.39 is 11.7 Å². The van der Waals surface area contributed by atoms with Gasteiger partial charge in [-0.1, -0.05) is 6.08 Å². The zero-order chi connectivity index (χ0) is 12.9. The van der Waals surface area contributed by atoms with Gasteiger partial charge >= 0.3 is 6.18 Å². The molecule has 0 spiro atoms. The molecule has 0 saturated carbocycles. The summed E-state index contributed by atoms with van der Waals surface area (Å²) in [5.41, 5.74) is 5.07. The number of anilines is 1. The number of rotatable bonds is 5. The van der Waals surface area contributed by atoms with Crippen molar-refractivity contribution in [2.24, 2.45) is 0 Å². The number of benzene rings is 1. The molecule has 0 heterocycles.